The third kappa shape index (κ3) is 4.19. The lowest BCUT2D eigenvalue weighted by Gasteiger charge is -2.16. The van der Waals surface area contributed by atoms with Gasteiger partial charge in [-0.15, -0.1) is 0 Å². The standard InChI is InChI=1S/C26H21N5O3/c1-16-26(33)30-23-4-2-3-18-7-8-21(11-22(18)23)34-24-9-17(5-6-19(24)12-27)14-31-15-28-13-20(31)10-25(32)29-16/h2-9,11,13,15-16H,10,14H2,1H3,(H,29,32)(H,30,33)/t16-/m1/s1. The lowest BCUT2D eigenvalue weighted by Crippen LogP contribution is -2.42. The minimum absolute atomic E-state index is 0.0770. The van der Waals surface area contributed by atoms with Crippen molar-refractivity contribution in [2.75, 3.05) is 5.32 Å². The highest BCUT2D eigenvalue weighted by Crippen LogP contribution is 2.32. The molecular formula is C26H21N5O3. The number of ether oxygens (including phenoxy) is 1. The van der Waals surface area contributed by atoms with Crippen LogP contribution in [-0.4, -0.2) is 27.4 Å². The van der Waals surface area contributed by atoms with Crippen molar-refractivity contribution >= 4 is 28.3 Å². The lowest BCUT2D eigenvalue weighted by molar-refractivity contribution is -0.125. The molecule has 0 saturated carbocycles. The van der Waals surface area contributed by atoms with Crippen molar-refractivity contribution in [1.29, 1.82) is 5.26 Å². The first-order valence-corrected chi connectivity index (χ1v) is 10.8. The van der Waals surface area contributed by atoms with Crippen LogP contribution < -0.4 is 15.4 Å². The number of carbonyl (C=O) groups is 2. The van der Waals surface area contributed by atoms with Gasteiger partial charge in [-0.1, -0.05) is 24.3 Å². The van der Waals surface area contributed by atoms with Crippen LogP contribution in [0.3, 0.4) is 0 Å². The first-order chi connectivity index (χ1) is 16.5. The quantitative estimate of drug-likeness (QED) is 0.423. The number of nitrogens with one attached hydrogen (secondary N) is 2. The number of amides is 2. The van der Waals surface area contributed by atoms with E-state index in [-0.39, 0.29) is 18.2 Å². The molecule has 0 unspecified atom stereocenters. The summed E-state index contributed by atoms with van der Waals surface area (Å²) < 4.78 is 7.99. The summed E-state index contributed by atoms with van der Waals surface area (Å²) in [6.45, 7) is 2.09. The number of nitriles is 1. The first kappa shape index (κ1) is 21.2. The molecule has 8 nitrogen and oxygen atoms in total. The number of hydrogen-bond donors (Lipinski definition) is 2. The molecule has 4 aromatic rings. The summed E-state index contributed by atoms with van der Waals surface area (Å²) >= 11 is 0. The number of hydrogen-bond acceptors (Lipinski definition) is 5. The highest BCUT2D eigenvalue weighted by Gasteiger charge is 2.19. The van der Waals surface area contributed by atoms with Crippen LogP contribution in [-0.2, 0) is 22.6 Å². The van der Waals surface area contributed by atoms with Crippen LogP contribution in [0.25, 0.3) is 10.8 Å². The summed E-state index contributed by atoms with van der Waals surface area (Å²) in [5.74, 6) is 0.358. The maximum atomic E-state index is 12.8. The first-order valence-electron chi connectivity index (χ1n) is 10.8. The highest BCUT2D eigenvalue weighted by atomic mass is 16.5. The second kappa shape index (κ2) is 8.71. The zero-order chi connectivity index (χ0) is 23.7. The fourth-order valence-electron chi connectivity index (χ4n) is 3.99. The summed E-state index contributed by atoms with van der Waals surface area (Å²) in [6.07, 6.45) is 3.36. The number of rotatable bonds is 0. The summed E-state index contributed by atoms with van der Waals surface area (Å²) in [4.78, 5) is 29.7. The van der Waals surface area contributed by atoms with Crippen molar-refractivity contribution in [2.45, 2.75) is 25.9 Å². The Morgan fingerprint density at radius 2 is 2.03 bits per heavy atom. The molecular weight excluding hydrogens is 430 g/mol. The van der Waals surface area contributed by atoms with Crippen molar-refractivity contribution in [3.05, 3.63) is 83.9 Å². The monoisotopic (exact) mass is 451 g/mol. The molecule has 0 radical (unpaired) electrons. The van der Waals surface area contributed by atoms with Crippen molar-refractivity contribution in [3.63, 3.8) is 0 Å². The van der Waals surface area contributed by atoms with E-state index >= 15 is 0 Å². The molecule has 2 N–H and O–H groups in total. The molecule has 1 aromatic heterocycles. The normalized spacial score (nSPS) is 16.1. The molecule has 3 aromatic carbocycles. The van der Waals surface area contributed by atoms with Gasteiger partial charge in [-0.25, -0.2) is 4.98 Å². The smallest absolute Gasteiger partial charge is 0.246 e. The number of fused-ring (bicyclic) bond motifs is 4. The Hall–Kier alpha value is -4.64. The van der Waals surface area contributed by atoms with Crippen molar-refractivity contribution in [2.24, 2.45) is 0 Å². The van der Waals surface area contributed by atoms with Gasteiger partial charge in [0, 0.05) is 29.5 Å². The number of benzene rings is 3. The van der Waals surface area contributed by atoms with Crippen LogP contribution >= 0.6 is 0 Å². The molecule has 1 aliphatic rings. The van der Waals surface area contributed by atoms with Crippen molar-refractivity contribution in [3.8, 4) is 17.6 Å². The second-order valence-corrected chi connectivity index (χ2v) is 8.20. The maximum absolute atomic E-state index is 12.8. The van der Waals surface area contributed by atoms with Crippen LogP contribution in [0.1, 0.15) is 23.7 Å². The van der Waals surface area contributed by atoms with E-state index in [0.29, 0.717) is 35.0 Å². The van der Waals surface area contributed by atoms with E-state index < -0.39 is 6.04 Å². The Bertz CT molecular complexity index is 1470. The van der Waals surface area contributed by atoms with Gasteiger partial charge in [-0.2, -0.15) is 5.26 Å². The van der Waals surface area contributed by atoms with Crippen LogP contribution in [0.5, 0.6) is 11.5 Å². The fraction of sp³-hybridized carbons (Fsp3) is 0.154. The molecule has 1 aliphatic heterocycles. The number of imidazole rings is 1. The minimum Gasteiger partial charge on any atom is -0.456 e. The minimum atomic E-state index is -0.734. The van der Waals surface area contributed by atoms with E-state index in [1.54, 1.807) is 31.6 Å². The van der Waals surface area contributed by atoms with Gasteiger partial charge < -0.3 is 19.9 Å². The van der Waals surface area contributed by atoms with Gasteiger partial charge in [0.05, 0.1) is 18.3 Å². The molecule has 2 amide bonds. The van der Waals surface area contributed by atoms with Crippen molar-refractivity contribution in [1.82, 2.24) is 14.9 Å². The molecule has 0 spiro atoms. The van der Waals surface area contributed by atoms with Gasteiger partial charge in [0.2, 0.25) is 11.8 Å². The van der Waals surface area contributed by atoms with E-state index in [4.69, 9.17) is 4.74 Å². The van der Waals surface area contributed by atoms with Gasteiger partial charge in [-0.3, -0.25) is 9.59 Å². The molecule has 34 heavy (non-hydrogen) atoms. The Morgan fingerprint density at radius 3 is 2.88 bits per heavy atom. The van der Waals surface area contributed by atoms with E-state index in [0.717, 1.165) is 16.3 Å². The second-order valence-electron chi connectivity index (χ2n) is 8.20. The fourth-order valence-corrected chi connectivity index (χ4v) is 3.99. The van der Waals surface area contributed by atoms with Crippen LogP contribution in [0, 0.1) is 11.3 Å². The molecule has 168 valence electrons. The molecule has 4 bridgehead atoms. The zero-order valence-corrected chi connectivity index (χ0v) is 18.4. The van der Waals surface area contributed by atoms with Gasteiger partial charge in [0.15, 0.2) is 0 Å². The topological polar surface area (TPSA) is 109 Å². The van der Waals surface area contributed by atoms with Gasteiger partial charge in [0.25, 0.3) is 0 Å². The lowest BCUT2D eigenvalue weighted by atomic mass is 10.1. The number of nitrogens with zero attached hydrogens (tertiary/aromatic N) is 3. The van der Waals surface area contributed by atoms with Gasteiger partial charge >= 0.3 is 0 Å². The van der Waals surface area contributed by atoms with Crippen molar-refractivity contribution < 1.29 is 14.3 Å². The average molecular weight is 451 g/mol. The van der Waals surface area contributed by atoms with Gasteiger partial charge in [-0.05, 0) is 48.2 Å². The molecule has 0 aliphatic carbocycles. The molecule has 2 heterocycles. The van der Waals surface area contributed by atoms with E-state index in [1.807, 2.05) is 47.0 Å². The number of carbonyl (C=O) groups excluding carboxylic acids is 2. The SMILES string of the molecule is C[C@H]1NC(=O)Cc2cncn2Cc2ccc(C#N)c(c2)Oc2ccc3cccc(c3c2)NC1=O. The van der Waals surface area contributed by atoms with E-state index in [1.165, 1.54) is 0 Å². The average Bonchev–Trinajstić information content (AvgIpc) is 3.25. The van der Waals surface area contributed by atoms with Crippen LogP contribution in [0.15, 0.2) is 67.1 Å². The third-order valence-corrected chi connectivity index (χ3v) is 5.77. The summed E-state index contributed by atoms with van der Waals surface area (Å²) in [6, 6.07) is 18.0. The van der Waals surface area contributed by atoms with Gasteiger partial charge in [0.1, 0.15) is 23.6 Å². The Morgan fingerprint density at radius 1 is 1.15 bits per heavy atom. The molecule has 1 atom stereocenters. The van der Waals surface area contributed by atoms with E-state index in [9.17, 15) is 14.9 Å². The number of aromatic nitrogens is 2. The molecule has 0 fully saturated rings. The Balaban J connectivity index is 1.62. The zero-order valence-electron chi connectivity index (χ0n) is 18.4. The van der Waals surface area contributed by atoms with E-state index in [2.05, 4.69) is 21.7 Å². The summed E-state index contributed by atoms with van der Waals surface area (Å²) in [5.41, 5.74) is 2.61. The van der Waals surface area contributed by atoms with Crippen LogP contribution in [0.4, 0.5) is 5.69 Å². The predicted octanol–water partition coefficient (Wildman–Crippen LogP) is 3.75. The summed E-state index contributed by atoms with van der Waals surface area (Å²) in [5, 5.41) is 17.0. The highest BCUT2D eigenvalue weighted by molar-refractivity contribution is 6.05. The Kier molecular flexibility index (Phi) is 5.44. The maximum Gasteiger partial charge on any atom is 0.246 e. The molecule has 8 heteroatoms. The third-order valence-electron chi connectivity index (χ3n) is 5.77. The summed E-state index contributed by atoms with van der Waals surface area (Å²) in [7, 11) is 0. The molecule has 5 rings (SSSR count). The number of anilines is 1. The predicted molar refractivity (Wildman–Crippen MR) is 126 cm³/mol. The largest absolute Gasteiger partial charge is 0.456 e. The molecule has 0 saturated heterocycles. The Labute approximate surface area is 195 Å². The van der Waals surface area contributed by atoms with Crippen LogP contribution in [0.2, 0.25) is 0 Å².